The van der Waals surface area contributed by atoms with Gasteiger partial charge >= 0.3 is 10.3 Å². The second kappa shape index (κ2) is 5.94. The van der Waals surface area contributed by atoms with Crippen molar-refractivity contribution in [3.8, 4) is 0 Å². The third-order valence-corrected chi connectivity index (χ3v) is 3.53. The zero-order valence-corrected chi connectivity index (χ0v) is 12.0. The molecular weight excluding hydrogens is 292 g/mol. The number of rotatable bonds is 4. The van der Waals surface area contributed by atoms with Crippen molar-refractivity contribution >= 4 is 33.3 Å². The number of para-hydroxylation sites is 1. The van der Waals surface area contributed by atoms with E-state index in [4.69, 9.17) is 0 Å². The van der Waals surface area contributed by atoms with Crippen molar-refractivity contribution in [3.05, 3.63) is 54.6 Å². The lowest BCUT2D eigenvalue weighted by Crippen LogP contribution is -2.25. The van der Waals surface area contributed by atoms with Crippen LogP contribution >= 0.6 is 0 Å². The molecule has 0 unspecified atom stereocenters. The maximum absolute atomic E-state index is 11.6. The summed E-state index contributed by atoms with van der Waals surface area (Å²) in [6.45, 7) is 1.38. The van der Waals surface area contributed by atoms with Gasteiger partial charge < -0.3 is 5.32 Å². The van der Waals surface area contributed by atoms with E-state index in [-0.39, 0.29) is 11.6 Å². The first kappa shape index (κ1) is 15.0. The smallest absolute Gasteiger partial charge is 0.326 e. The Kier molecular flexibility index (Phi) is 4.25. The van der Waals surface area contributed by atoms with Gasteiger partial charge in [0.15, 0.2) is 0 Å². The average molecular weight is 306 g/mol. The van der Waals surface area contributed by atoms with Crippen LogP contribution in [0.25, 0.3) is 0 Å². The molecule has 1 amide bonds. The Labute approximate surface area is 122 Å². The van der Waals surface area contributed by atoms with Gasteiger partial charge in [0.2, 0.25) is 5.91 Å². The molecule has 0 aromatic heterocycles. The number of hydrogen-bond acceptors (Lipinski definition) is 3. The van der Waals surface area contributed by atoms with Gasteiger partial charge in [0.05, 0.1) is 11.4 Å². The van der Waals surface area contributed by atoms with Crippen molar-refractivity contribution < 1.29 is 17.8 Å². The first-order valence-corrected chi connectivity index (χ1v) is 7.48. The van der Waals surface area contributed by atoms with E-state index in [9.17, 15) is 17.8 Å². The fourth-order valence-corrected chi connectivity index (χ4v) is 2.64. The zero-order valence-electron chi connectivity index (χ0n) is 11.2. The standard InChI is InChI=1S/C14H14N2O4S/c1-11(17)15-12-7-9-14(10-8-12)16(21(18,19)20)13-5-3-2-4-6-13/h2-10H,1H3,(H,15,17)(H,18,19,20). The van der Waals surface area contributed by atoms with Gasteiger partial charge in [0.25, 0.3) is 0 Å². The van der Waals surface area contributed by atoms with Gasteiger partial charge in [0, 0.05) is 12.6 Å². The zero-order chi connectivity index (χ0) is 15.5. The number of carbonyl (C=O) groups is 1. The highest BCUT2D eigenvalue weighted by molar-refractivity contribution is 7.87. The van der Waals surface area contributed by atoms with Crippen LogP contribution in [0, 0.1) is 0 Å². The van der Waals surface area contributed by atoms with E-state index in [1.54, 1.807) is 42.5 Å². The fraction of sp³-hybridized carbons (Fsp3) is 0.0714. The molecule has 0 aliphatic carbocycles. The first-order chi connectivity index (χ1) is 9.88. The van der Waals surface area contributed by atoms with Crippen molar-refractivity contribution in [2.45, 2.75) is 6.92 Å². The van der Waals surface area contributed by atoms with Crippen LogP contribution in [-0.2, 0) is 15.1 Å². The van der Waals surface area contributed by atoms with Gasteiger partial charge in [-0.25, -0.2) is 4.31 Å². The molecule has 0 bridgehead atoms. The number of anilines is 3. The fourth-order valence-electron chi connectivity index (χ4n) is 1.86. The molecule has 0 heterocycles. The summed E-state index contributed by atoms with van der Waals surface area (Å²) in [6, 6.07) is 14.3. The van der Waals surface area contributed by atoms with Crippen LogP contribution in [0.4, 0.5) is 17.1 Å². The first-order valence-electron chi connectivity index (χ1n) is 6.08. The number of benzene rings is 2. The molecule has 0 radical (unpaired) electrons. The van der Waals surface area contributed by atoms with Crippen molar-refractivity contribution in [2.75, 3.05) is 9.62 Å². The van der Waals surface area contributed by atoms with Crippen LogP contribution in [0.1, 0.15) is 6.92 Å². The van der Waals surface area contributed by atoms with E-state index in [1.165, 1.54) is 19.1 Å². The van der Waals surface area contributed by atoms with E-state index in [2.05, 4.69) is 5.32 Å². The van der Waals surface area contributed by atoms with Crippen LogP contribution in [0.5, 0.6) is 0 Å². The molecule has 2 rings (SSSR count). The van der Waals surface area contributed by atoms with E-state index >= 15 is 0 Å². The summed E-state index contributed by atoms with van der Waals surface area (Å²) >= 11 is 0. The third-order valence-electron chi connectivity index (χ3n) is 2.64. The number of carbonyl (C=O) groups excluding carboxylic acids is 1. The second-order valence-electron chi connectivity index (χ2n) is 4.31. The SMILES string of the molecule is CC(=O)Nc1ccc(N(c2ccccc2)S(=O)(=O)O)cc1. The highest BCUT2D eigenvalue weighted by Crippen LogP contribution is 2.28. The molecule has 0 saturated carbocycles. The molecular formula is C14H14N2O4S. The van der Waals surface area contributed by atoms with Crippen molar-refractivity contribution in [3.63, 3.8) is 0 Å². The van der Waals surface area contributed by atoms with Gasteiger partial charge in [-0.05, 0) is 36.4 Å². The van der Waals surface area contributed by atoms with Crippen molar-refractivity contribution in [1.29, 1.82) is 0 Å². The summed E-state index contributed by atoms with van der Waals surface area (Å²) in [6.07, 6.45) is 0. The van der Waals surface area contributed by atoms with Crippen LogP contribution in [0.2, 0.25) is 0 Å². The summed E-state index contributed by atoms with van der Waals surface area (Å²) in [5, 5.41) is 2.58. The monoisotopic (exact) mass is 306 g/mol. The molecule has 2 aromatic rings. The molecule has 0 atom stereocenters. The molecule has 2 N–H and O–H groups in total. The maximum atomic E-state index is 11.6. The predicted molar refractivity (Wildman–Crippen MR) is 80.9 cm³/mol. The molecule has 0 aliphatic heterocycles. The maximum Gasteiger partial charge on any atom is 0.364 e. The number of amides is 1. The Hall–Kier alpha value is -2.38. The van der Waals surface area contributed by atoms with Gasteiger partial charge in [-0.3, -0.25) is 9.35 Å². The Morgan fingerprint density at radius 3 is 2.00 bits per heavy atom. The quantitative estimate of drug-likeness (QED) is 0.850. The minimum atomic E-state index is -4.46. The highest BCUT2D eigenvalue weighted by atomic mass is 32.2. The third kappa shape index (κ3) is 3.80. The minimum absolute atomic E-state index is 0.225. The largest absolute Gasteiger partial charge is 0.364 e. The average Bonchev–Trinajstić information content (AvgIpc) is 2.40. The van der Waals surface area contributed by atoms with Crippen molar-refractivity contribution in [1.82, 2.24) is 0 Å². The lowest BCUT2D eigenvalue weighted by Gasteiger charge is -2.21. The summed E-state index contributed by atoms with van der Waals surface area (Å²) < 4.78 is 33.5. The van der Waals surface area contributed by atoms with Crippen LogP contribution in [-0.4, -0.2) is 18.9 Å². The Balaban J connectivity index is 2.41. The van der Waals surface area contributed by atoms with E-state index in [0.29, 0.717) is 11.4 Å². The van der Waals surface area contributed by atoms with Gasteiger partial charge in [-0.15, -0.1) is 0 Å². The summed E-state index contributed by atoms with van der Waals surface area (Å²) in [5.41, 5.74) is 1.11. The Bertz CT molecular complexity index is 727. The lowest BCUT2D eigenvalue weighted by atomic mass is 10.2. The molecule has 0 saturated heterocycles. The summed E-state index contributed by atoms with van der Waals surface area (Å²) in [7, 11) is -4.46. The van der Waals surface area contributed by atoms with Gasteiger partial charge in [-0.1, -0.05) is 18.2 Å². The van der Waals surface area contributed by atoms with Crippen LogP contribution < -0.4 is 9.62 Å². The normalized spacial score (nSPS) is 11.0. The van der Waals surface area contributed by atoms with E-state index in [1.807, 2.05) is 0 Å². The number of nitrogens with one attached hydrogen (secondary N) is 1. The predicted octanol–water partition coefficient (Wildman–Crippen LogP) is 2.59. The van der Waals surface area contributed by atoms with Crippen LogP contribution in [0.3, 0.4) is 0 Å². The molecule has 6 nitrogen and oxygen atoms in total. The molecule has 2 aromatic carbocycles. The topological polar surface area (TPSA) is 86.7 Å². The second-order valence-corrected chi connectivity index (χ2v) is 5.57. The number of hydrogen-bond donors (Lipinski definition) is 2. The number of nitrogens with zero attached hydrogens (tertiary/aromatic N) is 1. The van der Waals surface area contributed by atoms with Crippen LogP contribution in [0.15, 0.2) is 54.6 Å². The highest BCUT2D eigenvalue weighted by Gasteiger charge is 2.21. The minimum Gasteiger partial charge on any atom is -0.326 e. The van der Waals surface area contributed by atoms with E-state index < -0.39 is 10.3 Å². The van der Waals surface area contributed by atoms with Gasteiger partial charge in [-0.2, -0.15) is 8.42 Å². The summed E-state index contributed by atoms with van der Waals surface area (Å²) in [4.78, 5) is 11.0. The molecule has 7 heteroatoms. The molecule has 0 spiro atoms. The van der Waals surface area contributed by atoms with E-state index in [0.717, 1.165) is 4.31 Å². The summed E-state index contributed by atoms with van der Waals surface area (Å²) in [5.74, 6) is -0.225. The Morgan fingerprint density at radius 1 is 1.00 bits per heavy atom. The van der Waals surface area contributed by atoms with Crippen molar-refractivity contribution in [2.24, 2.45) is 0 Å². The molecule has 21 heavy (non-hydrogen) atoms. The molecule has 0 fully saturated rings. The van der Waals surface area contributed by atoms with Gasteiger partial charge in [0.1, 0.15) is 0 Å². The molecule has 110 valence electrons. The molecule has 0 aliphatic rings. The Morgan fingerprint density at radius 2 is 1.52 bits per heavy atom. The lowest BCUT2D eigenvalue weighted by molar-refractivity contribution is -0.114.